The molecule has 3 rings (SSSR count). The van der Waals surface area contributed by atoms with E-state index in [1.807, 2.05) is 35.1 Å². The van der Waals surface area contributed by atoms with Crippen LogP contribution >= 0.6 is 11.6 Å². The van der Waals surface area contributed by atoms with Crippen LogP contribution in [0, 0.1) is 0 Å². The molecule has 1 aliphatic rings. The molecule has 88 valence electrons. The number of hydrogen-bond donors (Lipinski definition) is 2. The molecule has 5 nitrogen and oxygen atoms in total. The molecule has 0 aliphatic carbocycles. The second kappa shape index (κ2) is 4.35. The zero-order valence-corrected chi connectivity index (χ0v) is 9.85. The number of aromatic nitrogens is 3. The zero-order valence-electron chi connectivity index (χ0n) is 9.10. The highest BCUT2D eigenvalue weighted by Gasteiger charge is 2.11. The summed E-state index contributed by atoms with van der Waals surface area (Å²) in [4.78, 5) is 0. The Morgan fingerprint density at radius 3 is 3.12 bits per heavy atom. The number of halogens is 1. The number of fused-ring (bicyclic) bond motifs is 1. The molecule has 0 spiro atoms. The standard InChI is InChI=1S/C11H12ClN5/c12-11-13-5-8(6-14-11)7-17-10-4-2-1-3-9(10)15-16-17/h1-5,11,13-14H,6-7H2. The van der Waals surface area contributed by atoms with E-state index in [0.717, 1.165) is 17.6 Å². The van der Waals surface area contributed by atoms with Crippen molar-refractivity contribution >= 4 is 22.6 Å². The van der Waals surface area contributed by atoms with Crippen LogP contribution in [0.4, 0.5) is 0 Å². The first kappa shape index (κ1) is 10.6. The fourth-order valence-corrected chi connectivity index (χ4v) is 1.99. The molecule has 2 aromatic rings. The number of para-hydroxylation sites is 1. The van der Waals surface area contributed by atoms with Gasteiger partial charge in [0.25, 0.3) is 0 Å². The molecular weight excluding hydrogens is 238 g/mol. The minimum atomic E-state index is -0.189. The Morgan fingerprint density at radius 2 is 2.29 bits per heavy atom. The van der Waals surface area contributed by atoms with E-state index >= 15 is 0 Å². The van der Waals surface area contributed by atoms with E-state index in [1.54, 1.807) is 0 Å². The molecule has 1 unspecified atom stereocenters. The van der Waals surface area contributed by atoms with Crippen LogP contribution in [0.3, 0.4) is 0 Å². The number of hydrogen-bond acceptors (Lipinski definition) is 4. The number of nitrogens with one attached hydrogen (secondary N) is 2. The molecule has 0 amide bonds. The molecule has 17 heavy (non-hydrogen) atoms. The Balaban J connectivity index is 1.85. The number of alkyl halides is 1. The molecule has 6 heteroatoms. The number of nitrogens with zero attached hydrogens (tertiary/aromatic N) is 3. The van der Waals surface area contributed by atoms with Crippen molar-refractivity contribution in [2.45, 2.75) is 12.2 Å². The van der Waals surface area contributed by atoms with Gasteiger partial charge < -0.3 is 5.32 Å². The molecule has 1 atom stereocenters. The van der Waals surface area contributed by atoms with Crippen LogP contribution in [0.25, 0.3) is 11.0 Å². The lowest BCUT2D eigenvalue weighted by Gasteiger charge is -2.20. The average molecular weight is 250 g/mol. The van der Waals surface area contributed by atoms with Crippen LogP contribution < -0.4 is 10.6 Å². The van der Waals surface area contributed by atoms with Crippen LogP contribution in [0.2, 0.25) is 0 Å². The number of rotatable bonds is 2. The molecule has 2 N–H and O–H groups in total. The van der Waals surface area contributed by atoms with Gasteiger partial charge >= 0.3 is 0 Å². The molecule has 0 saturated carbocycles. The van der Waals surface area contributed by atoms with E-state index in [9.17, 15) is 0 Å². The van der Waals surface area contributed by atoms with Crippen molar-refractivity contribution in [2.24, 2.45) is 0 Å². The molecule has 0 fully saturated rings. The van der Waals surface area contributed by atoms with E-state index in [0.29, 0.717) is 6.54 Å². The predicted octanol–water partition coefficient (Wildman–Crippen LogP) is 1.03. The molecule has 0 bridgehead atoms. The van der Waals surface area contributed by atoms with Crippen molar-refractivity contribution in [3.63, 3.8) is 0 Å². The quantitative estimate of drug-likeness (QED) is 0.617. The summed E-state index contributed by atoms with van der Waals surface area (Å²) in [6, 6.07) is 7.93. The van der Waals surface area contributed by atoms with Crippen LogP contribution in [-0.2, 0) is 6.54 Å². The summed E-state index contributed by atoms with van der Waals surface area (Å²) in [5, 5.41) is 14.4. The van der Waals surface area contributed by atoms with Gasteiger partial charge in [0, 0.05) is 12.7 Å². The van der Waals surface area contributed by atoms with Crippen molar-refractivity contribution in [3.8, 4) is 0 Å². The monoisotopic (exact) mass is 249 g/mol. The molecule has 2 heterocycles. The first-order valence-electron chi connectivity index (χ1n) is 5.42. The van der Waals surface area contributed by atoms with E-state index in [-0.39, 0.29) is 5.62 Å². The zero-order chi connectivity index (χ0) is 11.7. The van der Waals surface area contributed by atoms with Gasteiger partial charge in [-0.05, 0) is 17.7 Å². The van der Waals surface area contributed by atoms with Gasteiger partial charge in [0.15, 0.2) is 5.62 Å². The lowest BCUT2D eigenvalue weighted by Crippen LogP contribution is -2.41. The molecule has 1 aromatic heterocycles. The normalized spacial score (nSPS) is 20.1. The van der Waals surface area contributed by atoms with Crippen LogP contribution in [-0.4, -0.2) is 27.2 Å². The van der Waals surface area contributed by atoms with Gasteiger partial charge in [0.1, 0.15) is 5.52 Å². The maximum absolute atomic E-state index is 5.86. The van der Waals surface area contributed by atoms with E-state index in [2.05, 4.69) is 20.9 Å². The van der Waals surface area contributed by atoms with Gasteiger partial charge in [-0.3, -0.25) is 5.32 Å². The predicted molar refractivity (Wildman–Crippen MR) is 66.4 cm³/mol. The summed E-state index contributed by atoms with van der Waals surface area (Å²) in [7, 11) is 0. The third-order valence-electron chi connectivity index (χ3n) is 2.72. The number of benzene rings is 1. The van der Waals surface area contributed by atoms with Gasteiger partial charge in [-0.15, -0.1) is 5.10 Å². The Labute approximate surface area is 103 Å². The molecule has 0 radical (unpaired) electrons. The van der Waals surface area contributed by atoms with E-state index in [4.69, 9.17) is 11.6 Å². The van der Waals surface area contributed by atoms with Crippen LogP contribution in [0.1, 0.15) is 0 Å². The molecule has 0 saturated heterocycles. The highest BCUT2D eigenvalue weighted by atomic mass is 35.5. The summed E-state index contributed by atoms with van der Waals surface area (Å²) in [5.74, 6) is 0. The summed E-state index contributed by atoms with van der Waals surface area (Å²) in [6.45, 7) is 1.47. The van der Waals surface area contributed by atoms with E-state index < -0.39 is 0 Å². The Morgan fingerprint density at radius 1 is 1.41 bits per heavy atom. The first-order chi connectivity index (χ1) is 8.33. The van der Waals surface area contributed by atoms with Gasteiger partial charge in [-0.1, -0.05) is 28.9 Å². The fourth-order valence-electron chi connectivity index (χ4n) is 1.85. The van der Waals surface area contributed by atoms with Crippen LogP contribution in [0.5, 0.6) is 0 Å². The smallest absolute Gasteiger partial charge is 0.155 e. The Hall–Kier alpha value is -1.59. The second-order valence-corrected chi connectivity index (χ2v) is 4.38. The van der Waals surface area contributed by atoms with E-state index in [1.165, 1.54) is 5.57 Å². The molecular formula is C11H12ClN5. The Kier molecular flexibility index (Phi) is 2.70. The highest BCUT2D eigenvalue weighted by Crippen LogP contribution is 2.12. The fraction of sp³-hybridized carbons (Fsp3) is 0.273. The van der Waals surface area contributed by atoms with Crippen molar-refractivity contribution in [1.29, 1.82) is 0 Å². The SMILES string of the molecule is ClC1NC=C(Cn2nnc3ccccc32)CN1. The van der Waals surface area contributed by atoms with Crippen molar-refractivity contribution in [3.05, 3.63) is 36.0 Å². The van der Waals surface area contributed by atoms with Gasteiger partial charge in [0.05, 0.1) is 12.1 Å². The third kappa shape index (κ3) is 2.11. The minimum absolute atomic E-state index is 0.189. The van der Waals surface area contributed by atoms with Gasteiger partial charge in [0.2, 0.25) is 0 Å². The summed E-state index contributed by atoms with van der Waals surface area (Å²) < 4.78 is 1.89. The Bertz CT molecular complexity index is 562. The topological polar surface area (TPSA) is 54.8 Å². The van der Waals surface area contributed by atoms with Gasteiger partial charge in [-0.25, -0.2) is 4.68 Å². The highest BCUT2D eigenvalue weighted by molar-refractivity contribution is 6.20. The van der Waals surface area contributed by atoms with Crippen molar-refractivity contribution in [2.75, 3.05) is 6.54 Å². The summed E-state index contributed by atoms with van der Waals surface area (Å²) in [5.41, 5.74) is 2.96. The maximum atomic E-state index is 5.86. The maximum Gasteiger partial charge on any atom is 0.155 e. The summed E-state index contributed by atoms with van der Waals surface area (Å²) in [6.07, 6.45) is 1.94. The van der Waals surface area contributed by atoms with Crippen molar-refractivity contribution < 1.29 is 0 Å². The second-order valence-electron chi connectivity index (χ2n) is 3.95. The molecule has 1 aromatic carbocycles. The largest absolute Gasteiger partial charge is 0.363 e. The first-order valence-corrected chi connectivity index (χ1v) is 5.86. The lowest BCUT2D eigenvalue weighted by atomic mass is 10.2. The lowest BCUT2D eigenvalue weighted by molar-refractivity contribution is 0.554. The van der Waals surface area contributed by atoms with Crippen LogP contribution in [0.15, 0.2) is 36.0 Å². The summed E-state index contributed by atoms with van der Waals surface area (Å²) >= 11 is 5.86. The van der Waals surface area contributed by atoms with Gasteiger partial charge in [-0.2, -0.15) is 0 Å². The average Bonchev–Trinajstić information content (AvgIpc) is 2.76. The minimum Gasteiger partial charge on any atom is -0.363 e. The van der Waals surface area contributed by atoms with Crippen molar-refractivity contribution in [1.82, 2.24) is 25.6 Å². The third-order valence-corrected chi connectivity index (χ3v) is 3.00. The molecule has 1 aliphatic heterocycles.